The highest BCUT2D eigenvalue weighted by atomic mass is 19.4. The van der Waals surface area contributed by atoms with Crippen LogP contribution >= 0.6 is 0 Å². The van der Waals surface area contributed by atoms with Crippen molar-refractivity contribution in [2.24, 2.45) is 0 Å². The smallest absolute Gasteiger partial charge is 0.207 e. The lowest BCUT2D eigenvalue weighted by Gasteiger charge is -2.15. The summed E-state index contributed by atoms with van der Waals surface area (Å²) in [6.07, 6.45) is -9.84. The van der Waals surface area contributed by atoms with Gasteiger partial charge in [0, 0.05) is 0 Å². The molecule has 120 valence electrons. The van der Waals surface area contributed by atoms with E-state index in [2.05, 4.69) is 0 Å². The Kier molecular flexibility index (Phi) is 4.07. The Labute approximate surface area is 125 Å². The summed E-state index contributed by atoms with van der Waals surface area (Å²) in [5.41, 5.74) is -4.47. The zero-order chi connectivity index (χ0) is 17.4. The maximum absolute atomic E-state index is 13.1. The molecule has 0 saturated carbocycles. The van der Waals surface area contributed by atoms with E-state index in [1.807, 2.05) is 0 Å². The van der Waals surface area contributed by atoms with Crippen molar-refractivity contribution in [3.8, 4) is 17.2 Å². The van der Waals surface area contributed by atoms with Gasteiger partial charge >= 0.3 is 12.4 Å². The fourth-order valence-corrected chi connectivity index (χ4v) is 2.05. The molecule has 8 heteroatoms. The third-order valence-electron chi connectivity index (χ3n) is 3.04. The molecule has 0 atom stereocenters. The van der Waals surface area contributed by atoms with Gasteiger partial charge in [-0.3, -0.25) is 0 Å². The van der Waals surface area contributed by atoms with Gasteiger partial charge in [0.05, 0.1) is 22.8 Å². The molecule has 2 aromatic rings. The van der Waals surface area contributed by atoms with Gasteiger partial charge in [0.15, 0.2) is 0 Å². The molecule has 23 heavy (non-hydrogen) atoms. The number of nitrogens with zero attached hydrogens (tertiary/aromatic N) is 1. The van der Waals surface area contributed by atoms with Gasteiger partial charge in [-0.1, -0.05) is 12.1 Å². The number of benzene rings is 2. The van der Waals surface area contributed by atoms with Crippen LogP contribution in [0.25, 0.3) is 11.1 Å². The highest BCUT2D eigenvalue weighted by molar-refractivity contribution is 5.70. The van der Waals surface area contributed by atoms with Crippen LogP contribution in [0, 0.1) is 17.1 Å². The summed E-state index contributed by atoms with van der Waals surface area (Å²) >= 11 is 0. The average molecular weight is 333 g/mol. The lowest BCUT2D eigenvalue weighted by molar-refractivity contribution is -0.138. The molecule has 2 aromatic carbocycles. The topological polar surface area (TPSA) is 23.8 Å². The number of halogens is 7. The van der Waals surface area contributed by atoms with Gasteiger partial charge in [-0.25, -0.2) is 4.39 Å². The van der Waals surface area contributed by atoms with E-state index in [0.29, 0.717) is 6.07 Å². The second-order valence-corrected chi connectivity index (χ2v) is 4.56. The second kappa shape index (κ2) is 5.57. The summed E-state index contributed by atoms with van der Waals surface area (Å²) in [7, 11) is 0. The molecular formula is C15H6F7N. The van der Waals surface area contributed by atoms with Crippen molar-refractivity contribution in [3.05, 3.63) is 58.9 Å². The van der Waals surface area contributed by atoms with E-state index in [1.165, 1.54) is 6.07 Å². The normalized spacial score (nSPS) is 12.1. The van der Waals surface area contributed by atoms with Crippen molar-refractivity contribution in [1.29, 1.82) is 5.26 Å². The summed E-state index contributed by atoms with van der Waals surface area (Å²) in [6, 6.07) is 5.19. The first kappa shape index (κ1) is 16.8. The minimum absolute atomic E-state index is 0.209. The van der Waals surface area contributed by atoms with E-state index >= 15 is 0 Å². The van der Waals surface area contributed by atoms with Crippen LogP contribution in [0.3, 0.4) is 0 Å². The van der Waals surface area contributed by atoms with Crippen molar-refractivity contribution < 1.29 is 30.7 Å². The fraction of sp³-hybridized carbons (Fsp3) is 0.133. The van der Waals surface area contributed by atoms with Crippen molar-refractivity contribution >= 4 is 0 Å². The number of nitriles is 1. The van der Waals surface area contributed by atoms with E-state index in [9.17, 15) is 30.7 Å². The zero-order valence-corrected chi connectivity index (χ0v) is 11.1. The monoisotopic (exact) mass is 333 g/mol. The Hall–Kier alpha value is -2.56. The van der Waals surface area contributed by atoms with Crippen LogP contribution in [0.15, 0.2) is 36.4 Å². The van der Waals surface area contributed by atoms with Gasteiger partial charge in [0.25, 0.3) is 0 Å². The number of hydrogen-bond donors (Lipinski definition) is 0. The van der Waals surface area contributed by atoms with Crippen LogP contribution in [0.4, 0.5) is 30.7 Å². The summed E-state index contributed by atoms with van der Waals surface area (Å²) in [5.74, 6) is -1.16. The van der Waals surface area contributed by atoms with E-state index in [0.717, 1.165) is 24.3 Å². The third-order valence-corrected chi connectivity index (χ3v) is 3.04. The molecule has 0 radical (unpaired) electrons. The third kappa shape index (κ3) is 3.44. The molecule has 0 amide bonds. The Morgan fingerprint density at radius 1 is 0.783 bits per heavy atom. The first-order valence-corrected chi connectivity index (χ1v) is 6.02. The first-order chi connectivity index (χ1) is 10.5. The summed E-state index contributed by atoms with van der Waals surface area (Å²) < 4.78 is 90.6. The molecule has 2 rings (SSSR count). The van der Waals surface area contributed by atoms with Crippen LogP contribution in [0.1, 0.15) is 16.7 Å². The van der Waals surface area contributed by atoms with Gasteiger partial charge in [-0.05, 0) is 35.4 Å². The lowest BCUT2D eigenvalue weighted by Crippen LogP contribution is -2.10. The van der Waals surface area contributed by atoms with E-state index in [-0.39, 0.29) is 6.07 Å². The minimum atomic E-state index is -4.94. The molecule has 0 aliphatic rings. The average Bonchev–Trinajstić information content (AvgIpc) is 2.44. The molecule has 0 aliphatic carbocycles. The highest BCUT2D eigenvalue weighted by Gasteiger charge is 2.36. The van der Waals surface area contributed by atoms with Crippen molar-refractivity contribution in [1.82, 2.24) is 0 Å². The Bertz CT molecular complexity index is 782. The van der Waals surface area contributed by atoms with Crippen molar-refractivity contribution in [2.45, 2.75) is 12.4 Å². The van der Waals surface area contributed by atoms with Crippen molar-refractivity contribution in [3.63, 3.8) is 0 Å². The quantitative estimate of drug-likeness (QED) is 0.641. The summed E-state index contributed by atoms with van der Waals surface area (Å²) in [5, 5.41) is 8.68. The van der Waals surface area contributed by atoms with Crippen LogP contribution in [-0.2, 0) is 12.4 Å². The molecule has 0 aliphatic heterocycles. The Balaban J connectivity index is 2.72. The zero-order valence-electron chi connectivity index (χ0n) is 11.1. The van der Waals surface area contributed by atoms with Gasteiger partial charge in [-0.2, -0.15) is 31.6 Å². The van der Waals surface area contributed by atoms with Gasteiger partial charge in [-0.15, -0.1) is 0 Å². The minimum Gasteiger partial charge on any atom is -0.207 e. The molecule has 0 aromatic heterocycles. The maximum atomic E-state index is 13.1. The van der Waals surface area contributed by atoms with Crippen LogP contribution in [0.5, 0.6) is 0 Å². The molecule has 0 spiro atoms. The van der Waals surface area contributed by atoms with E-state index in [1.54, 1.807) is 0 Å². The molecule has 0 heterocycles. The molecule has 0 saturated heterocycles. The van der Waals surface area contributed by atoms with E-state index in [4.69, 9.17) is 5.26 Å². The summed E-state index contributed by atoms with van der Waals surface area (Å²) in [6.45, 7) is 0. The number of rotatable bonds is 1. The molecule has 0 unspecified atom stereocenters. The lowest BCUT2D eigenvalue weighted by atomic mass is 9.95. The Morgan fingerprint density at radius 2 is 1.39 bits per heavy atom. The standard InChI is InChI=1S/C15H6F7N/c16-10-3-4-11(13(6-10)15(20,21)22)8-1-2-9(7-23)12(5-8)14(17,18)19/h1-6H. The fourth-order valence-electron chi connectivity index (χ4n) is 2.05. The maximum Gasteiger partial charge on any atom is 0.417 e. The SMILES string of the molecule is N#Cc1ccc(-c2ccc(F)cc2C(F)(F)F)cc1C(F)(F)F. The summed E-state index contributed by atoms with van der Waals surface area (Å²) in [4.78, 5) is 0. The predicted octanol–water partition coefficient (Wildman–Crippen LogP) is 5.40. The highest BCUT2D eigenvalue weighted by Crippen LogP contribution is 2.40. The first-order valence-electron chi connectivity index (χ1n) is 6.02. The second-order valence-electron chi connectivity index (χ2n) is 4.56. The van der Waals surface area contributed by atoms with Gasteiger partial charge in [0.2, 0.25) is 0 Å². The molecular weight excluding hydrogens is 327 g/mol. The van der Waals surface area contributed by atoms with Gasteiger partial charge in [0.1, 0.15) is 5.82 Å². The van der Waals surface area contributed by atoms with Crippen LogP contribution < -0.4 is 0 Å². The Morgan fingerprint density at radius 3 is 1.91 bits per heavy atom. The number of hydrogen-bond acceptors (Lipinski definition) is 1. The predicted molar refractivity (Wildman–Crippen MR) is 66.6 cm³/mol. The van der Waals surface area contributed by atoms with Crippen LogP contribution in [-0.4, -0.2) is 0 Å². The number of alkyl halides is 6. The molecule has 0 bridgehead atoms. The van der Waals surface area contributed by atoms with Crippen molar-refractivity contribution in [2.75, 3.05) is 0 Å². The van der Waals surface area contributed by atoms with E-state index < -0.39 is 46.0 Å². The largest absolute Gasteiger partial charge is 0.417 e. The van der Waals surface area contributed by atoms with Gasteiger partial charge < -0.3 is 0 Å². The van der Waals surface area contributed by atoms with Crippen LogP contribution in [0.2, 0.25) is 0 Å². The molecule has 0 fully saturated rings. The molecule has 0 N–H and O–H groups in total. The molecule has 1 nitrogen and oxygen atoms in total.